The van der Waals surface area contributed by atoms with Gasteiger partial charge in [0.1, 0.15) is 22.8 Å². The molecular formula is C30H29N3O7. The molecule has 5 amide bonds. The van der Waals surface area contributed by atoms with Crippen molar-refractivity contribution in [1.29, 1.82) is 0 Å². The standard InChI is InChI=1S/C30H29N3O7/c1-4-38-22-14-15-26(39-5-2)24(17-22)33-29(36)23(28(35)32-30(33)37)16-20-8-6-7-9-25(20)40-18-27(34)31-21-12-10-19(3)11-13-21/h6-17H,4-5,18H2,1-3H3,(H,31,34)(H,32,35,37)/b23-16+. The Balaban J connectivity index is 1.59. The molecule has 206 valence electrons. The number of carbonyl (C=O) groups is 4. The maximum atomic E-state index is 13.6. The highest BCUT2D eigenvalue weighted by Gasteiger charge is 2.38. The van der Waals surface area contributed by atoms with Gasteiger partial charge in [-0.2, -0.15) is 0 Å². The predicted octanol–water partition coefficient (Wildman–Crippen LogP) is 4.48. The molecule has 0 radical (unpaired) electrons. The fourth-order valence-corrected chi connectivity index (χ4v) is 3.95. The quantitative estimate of drug-likeness (QED) is 0.286. The smallest absolute Gasteiger partial charge is 0.336 e. The van der Waals surface area contributed by atoms with E-state index in [-0.39, 0.29) is 41.9 Å². The van der Waals surface area contributed by atoms with Crippen molar-refractivity contribution in [2.45, 2.75) is 20.8 Å². The summed E-state index contributed by atoms with van der Waals surface area (Å²) in [6, 6.07) is 17.8. The second-order valence-corrected chi connectivity index (χ2v) is 8.69. The number of carbonyl (C=O) groups excluding carboxylic acids is 4. The van der Waals surface area contributed by atoms with E-state index in [4.69, 9.17) is 14.2 Å². The molecule has 0 atom stereocenters. The monoisotopic (exact) mass is 543 g/mol. The Labute approximate surface area is 231 Å². The molecule has 10 nitrogen and oxygen atoms in total. The van der Waals surface area contributed by atoms with E-state index >= 15 is 0 Å². The number of ether oxygens (including phenoxy) is 3. The molecule has 4 rings (SSSR count). The summed E-state index contributed by atoms with van der Waals surface area (Å²) in [6.07, 6.45) is 1.32. The molecule has 1 fully saturated rings. The highest BCUT2D eigenvalue weighted by atomic mass is 16.5. The lowest BCUT2D eigenvalue weighted by molar-refractivity contribution is -0.122. The molecule has 2 N–H and O–H groups in total. The Morgan fingerprint density at radius 1 is 0.900 bits per heavy atom. The van der Waals surface area contributed by atoms with E-state index in [1.54, 1.807) is 62.4 Å². The minimum absolute atomic E-state index is 0.131. The zero-order chi connectivity index (χ0) is 28.6. The number of anilines is 2. The third-order valence-electron chi connectivity index (χ3n) is 5.80. The average molecular weight is 544 g/mol. The lowest BCUT2D eigenvalue weighted by Gasteiger charge is -2.28. The largest absolute Gasteiger partial charge is 0.494 e. The SMILES string of the molecule is CCOc1ccc(OCC)c(N2C(=O)NC(=O)/C(=C\c3ccccc3OCC(=O)Nc3ccc(C)cc3)C2=O)c1. The van der Waals surface area contributed by atoms with Crippen molar-refractivity contribution in [2.75, 3.05) is 30.0 Å². The van der Waals surface area contributed by atoms with Crippen molar-refractivity contribution in [3.05, 3.63) is 83.4 Å². The van der Waals surface area contributed by atoms with Crippen LogP contribution in [-0.2, 0) is 14.4 Å². The Morgan fingerprint density at radius 2 is 1.62 bits per heavy atom. The van der Waals surface area contributed by atoms with Gasteiger partial charge in [0.15, 0.2) is 6.61 Å². The van der Waals surface area contributed by atoms with Crippen LogP contribution in [0.3, 0.4) is 0 Å². The Kier molecular flexibility index (Phi) is 8.80. The number of urea groups is 1. The molecule has 1 aliphatic heterocycles. The van der Waals surface area contributed by atoms with Crippen molar-refractivity contribution in [1.82, 2.24) is 5.32 Å². The van der Waals surface area contributed by atoms with Crippen LogP contribution in [0.1, 0.15) is 25.0 Å². The van der Waals surface area contributed by atoms with Crippen LogP contribution in [0.4, 0.5) is 16.2 Å². The number of benzene rings is 3. The van der Waals surface area contributed by atoms with Crippen LogP contribution < -0.4 is 29.7 Å². The van der Waals surface area contributed by atoms with Gasteiger partial charge in [0.2, 0.25) is 0 Å². The average Bonchev–Trinajstić information content (AvgIpc) is 2.93. The Morgan fingerprint density at radius 3 is 2.35 bits per heavy atom. The van der Waals surface area contributed by atoms with Crippen molar-refractivity contribution in [3.8, 4) is 17.2 Å². The number of barbiturate groups is 1. The molecule has 0 aliphatic carbocycles. The lowest BCUT2D eigenvalue weighted by Crippen LogP contribution is -2.54. The van der Waals surface area contributed by atoms with E-state index in [9.17, 15) is 19.2 Å². The van der Waals surface area contributed by atoms with Crippen LogP contribution in [-0.4, -0.2) is 43.6 Å². The van der Waals surface area contributed by atoms with Crippen LogP contribution in [0, 0.1) is 6.92 Å². The first-order valence-electron chi connectivity index (χ1n) is 12.7. The van der Waals surface area contributed by atoms with Crippen molar-refractivity contribution < 1.29 is 33.4 Å². The molecule has 1 aliphatic rings. The molecule has 0 aromatic heterocycles. The zero-order valence-electron chi connectivity index (χ0n) is 22.4. The molecule has 1 saturated heterocycles. The van der Waals surface area contributed by atoms with Crippen LogP contribution >= 0.6 is 0 Å². The van der Waals surface area contributed by atoms with E-state index in [2.05, 4.69) is 10.6 Å². The summed E-state index contributed by atoms with van der Waals surface area (Å²) in [5, 5.41) is 4.96. The minimum Gasteiger partial charge on any atom is -0.494 e. The summed E-state index contributed by atoms with van der Waals surface area (Å²) >= 11 is 0. The molecular weight excluding hydrogens is 514 g/mol. The second-order valence-electron chi connectivity index (χ2n) is 8.69. The van der Waals surface area contributed by atoms with Gasteiger partial charge >= 0.3 is 6.03 Å². The van der Waals surface area contributed by atoms with Gasteiger partial charge in [0.25, 0.3) is 17.7 Å². The zero-order valence-corrected chi connectivity index (χ0v) is 22.4. The first-order valence-corrected chi connectivity index (χ1v) is 12.7. The van der Waals surface area contributed by atoms with Gasteiger partial charge in [-0.05, 0) is 57.2 Å². The summed E-state index contributed by atoms with van der Waals surface area (Å²) in [7, 11) is 0. The fourth-order valence-electron chi connectivity index (χ4n) is 3.95. The molecule has 10 heteroatoms. The lowest BCUT2D eigenvalue weighted by atomic mass is 10.1. The second kappa shape index (κ2) is 12.6. The van der Waals surface area contributed by atoms with Gasteiger partial charge in [-0.1, -0.05) is 35.9 Å². The van der Waals surface area contributed by atoms with Crippen LogP contribution in [0.2, 0.25) is 0 Å². The number of hydrogen-bond acceptors (Lipinski definition) is 7. The Hall–Kier alpha value is -5.12. The first-order chi connectivity index (χ1) is 19.3. The number of imide groups is 2. The third-order valence-corrected chi connectivity index (χ3v) is 5.80. The van der Waals surface area contributed by atoms with Crippen LogP contribution in [0.5, 0.6) is 17.2 Å². The highest BCUT2D eigenvalue weighted by molar-refractivity contribution is 6.39. The van der Waals surface area contributed by atoms with Crippen molar-refractivity contribution >= 4 is 41.2 Å². The molecule has 0 saturated carbocycles. The highest BCUT2D eigenvalue weighted by Crippen LogP contribution is 2.35. The van der Waals surface area contributed by atoms with E-state index < -0.39 is 17.8 Å². The molecule has 0 bridgehead atoms. The van der Waals surface area contributed by atoms with Crippen LogP contribution in [0.25, 0.3) is 6.08 Å². The topological polar surface area (TPSA) is 123 Å². The van der Waals surface area contributed by atoms with Crippen molar-refractivity contribution in [2.24, 2.45) is 0 Å². The van der Waals surface area contributed by atoms with Gasteiger partial charge in [-0.25, -0.2) is 9.69 Å². The molecule has 1 heterocycles. The molecule has 0 spiro atoms. The van der Waals surface area contributed by atoms with Gasteiger partial charge in [-0.15, -0.1) is 0 Å². The number of para-hydroxylation sites is 1. The normalized spacial score (nSPS) is 14.1. The molecule has 40 heavy (non-hydrogen) atoms. The van der Waals surface area contributed by atoms with Gasteiger partial charge < -0.3 is 19.5 Å². The van der Waals surface area contributed by atoms with E-state index in [0.29, 0.717) is 23.6 Å². The van der Waals surface area contributed by atoms with E-state index in [1.165, 1.54) is 12.1 Å². The molecule has 3 aromatic rings. The van der Waals surface area contributed by atoms with Crippen LogP contribution in [0.15, 0.2) is 72.3 Å². The predicted molar refractivity (Wildman–Crippen MR) is 150 cm³/mol. The first kappa shape index (κ1) is 27.9. The third kappa shape index (κ3) is 6.47. The number of amides is 5. The fraction of sp³-hybridized carbons (Fsp3) is 0.200. The van der Waals surface area contributed by atoms with Gasteiger partial charge in [0.05, 0.1) is 18.9 Å². The number of nitrogens with one attached hydrogen (secondary N) is 2. The summed E-state index contributed by atoms with van der Waals surface area (Å²) in [4.78, 5) is 52.4. The van der Waals surface area contributed by atoms with Gasteiger partial charge in [-0.3, -0.25) is 19.7 Å². The minimum atomic E-state index is -0.918. The number of aryl methyl sites for hydroxylation is 1. The number of nitrogens with zero attached hydrogens (tertiary/aromatic N) is 1. The maximum absolute atomic E-state index is 13.6. The Bertz CT molecular complexity index is 1460. The van der Waals surface area contributed by atoms with Gasteiger partial charge in [0, 0.05) is 17.3 Å². The summed E-state index contributed by atoms with van der Waals surface area (Å²) in [5.74, 6) is -1.14. The van der Waals surface area contributed by atoms with E-state index in [0.717, 1.165) is 10.5 Å². The number of hydrogen-bond donors (Lipinski definition) is 2. The van der Waals surface area contributed by atoms with Crippen molar-refractivity contribution in [3.63, 3.8) is 0 Å². The summed E-state index contributed by atoms with van der Waals surface area (Å²) in [5.41, 5.74) is 1.89. The van der Waals surface area contributed by atoms with E-state index in [1.807, 2.05) is 19.1 Å². The molecule has 0 unspecified atom stereocenters. The summed E-state index contributed by atoms with van der Waals surface area (Å²) in [6.45, 7) is 5.87. The summed E-state index contributed by atoms with van der Waals surface area (Å²) < 4.78 is 16.9. The number of rotatable bonds is 10. The maximum Gasteiger partial charge on any atom is 0.336 e. The molecule has 3 aromatic carbocycles.